The second-order valence-electron chi connectivity index (χ2n) is 8.69. The first-order valence-electron chi connectivity index (χ1n) is 10.4. The number of sulfone groups is 1. The summed E-state index contributed by atoms with van der Waals surface area (Å²) in [5.41, 5.74) is -0.319. The lowest BCUT2D eigenvalue weighted by Gasteiger charge is -2.50. The first kappa shape index (κ1) is 24.4. The highest BCUT2D eigenvalue weighted by molar-refractivity contribution is 7.92. The standard InChI is InChI=1S/C22H24ClF2NO5S2/c1-26(32(2,27)28)12-14-4-3-11-22(33(29,30)16-7-5-15(23)6-8-16)17(14)13-31-21-19(25)10-9-18(24)20(21)22/h5-10,14,17H,3-4,11-13H2,1-2H3/t14?,17?,22-/m1/s1. The van der Waals surface area contributed by atoms with Crippen molar-refractivity contribution in [1.82, 2.24) is 4.31 Å². The molecule has 2 aliphatic rings. The number of hydrogen-bond donors (Lipinski definition) is 0. The molecule has 1 aliphatic heterocycles. The van der Waals surface area contributed by atoms with Gasteiger partial charge in [0.2, 0.25) is 10.0 Å². The molecule has 0 saturated heterocycles. The SMILES string of the molecule is CN(CC1CCC[C@]2(S(=O)(=O)c3ccc(Cl)cc3)c3c(F)ccc(F)c3OCC12)S(C)(=O)=O. The number of benzene rings is 2. The van der Waals surface area contributed by atoms with Crippen molar-refractivity contribution in [1.29, 1.82) is 0 Å². The molecule has 1 aliphatic carbocycles. The van der Waals surface area contributed by atoms with Gasteiger partial charge in [0.05, 0.1) is 23.3 Å². The number of fused-ring (bicyclic) bond motifs is 3. The normalized spacial score (nSPS) is 25.3. The molecule has 0 bridgehead atoms. The van der Waals surface area contributed by atoms with Crippen molar-refractivity contribution in [2.24, 2.45) is 11.8 Å². The van der Waals surface area contributed by atoms with Crippen LogP contribution >= 0.6 is 11.6 Å². The van der Waals surface area contributed by atoms with Crippen LogP contribution in [-0.4, -0.2) is 47.6 Å². The van der Waals surface area contributed by atoms with Crippen molar-refractivity contribution in [3.8, 4) is 5.75 Å². The highest BCUT2D eigenvalue weighted by Crippen LogP contribution is 2.58. The van der Waals surface area contributed by atoms with Crippen molar-refractivity contribution >= 4 is 31.5 Å². The summed E-state index contributed by atoms with van der Waals surface area (Å²) in [5, 5.41) is 0.337. The molecule has 1 heterocycles. The summed E-state index contributed by atoms with van der Waals surface area (Å²) in [7, 11) is -6.39. The summed E-state index contributed by atoms with van der Waals surface area (Å²) >= 11 is 5.95. The van der Waals surface area contributed by atoms with Gasteiger partial charge in [-0.2, -0.15) is 0 Å². The van der Waals surface area contributed by atoms with Gasteiger partial charge < -0.3 is 4.74 Å². The molecule has 1 fully saturated rings. The summed E-state index contributed by atoms with van der Waals surface area (Å²) in [6.45, 7) is -0.139. The van der Waals surface area contributed by atoms with E-state index in [9.17, 15) is 21.2 Å². The molecule has 2 aromatic rings. The van der Waals surface area contributed by atoms with Gasteiger partial charge >= 0.3 is 0 Å². The van der Waals surface area contributed by atoms with Crippen molar-refractivity contribution in [2.45, 2.75) is 28.9 Å². The van der Waals surface area contributed by atoms with Gasteiger partial charge in [-0.1, -0.05) is 18.0 Å². The van der Waals surface area contributed by atoms with Crippen LogP contribution in [-0.2, 0) is 24.6 Å². The van der Waals surface area contributed by atoms with Crippen LogP contribution in [0.3, 0.4) is 0 Å². The maximum absolute atomic E-state index is 15.3. The Hall–Kier alpha value is -1.75. The van der Waals surface area contributed by atoms with Crippen LogP contribution in [0.1, 0.15) is 24.8 Å². The molecule has 0 spiro atoms. The van der Waals surface area contributed by atoms with Gasteiger partial charge in [-0.15, -0.1) is 0 Å². The molecule has 180 valence electrons. The average molecular weight is 520 g/mol. The number of hydrogen-bond acceptors (Lipinski definition) is 5. The minimum absolute atomic E-state index is 0.0387. The summed E-state index contributed by atoms with van der Waals surface area (Å²) in [6, 6.07) is 7.38. The molecule has 3 atom stereocenters. The van der Waals surface area contributed by atoms with Crippen LogP contribution in [0.5, 0.6) is 5.75 Å². The molecular formula is C22H24ClF2NO5S2. The highest BCUT2D eigenvalue weighted by atomic mass is 35.5. The molecule has 6 nitrogen and oxygen atoms in total. The Bertz CT molecular complexity index is 1280. The van der Waals surface area contributed by atoms with Gasteiger partial charge in [-0.05, 0) is 55.2 Å². The van der Waals surface area contributed by atoms with Crippen molar-refractivity contribution in [2.75, 3.05) is 26.5 Å². The molecule has 0 aromatic heterocycles. The summed E-state index contributed by atoms with van der Waals surface area (Å²) in [6.07, 6.45) is 2.03. The molecule has 0 N–H and O–H groups in total. The smallest absolute Gasteiger partial charge is 0.210 e. The molecule has 0 amide bonds. The second kappa shape index (κ2) is 8.48. The average Bonchev–Trinajstić information content (AvgIpc) is 2.75. The minimum atomic E-state index is -4.27. The third-order valence-corrected chi connectivity index (χ3v) is 10.9. The van der Waals surface area contributed by atoms with E-state index in [0.717, 1.165) is 22.7 Å². The van der Waals surface area contributed by atoms with Gasteiger partial charge in [0.25, 0.3) is 0 Å². The van der Waals surface area contributed by atoms with E-state index in [0.29, 0.717) is 17.9 Å². The van der Waals surface area contributed by atoms with E-state index in [2.05, 4.69) is 0 Å². The van der Waals surface area contributed by atoms with Crippen LogP contribution in [0.15, 0.2) is 41.3 Å². The van der Waals surface area contributed by atoms with E-state index in [4.69, 9.17) is 16.3 Å². The molecule has 0 radical (unpaired) electrons. The lowest BCUT2D eigenvalue weighted by Crippen LogP contribution is -2.55. The Morgan fingerprint density at radius 3 is 2.36 bits per heavy atom. The first-order valence-corrected chi connectivity index (χ1v) is 14.1. The lowest BCUT2D eigenvalue weighted by atomic mass is 9.67. The van der Waals surface area contributed by atoms with Crippen LogP contribution < -0.4 is 4.74 Å². The molecule has 33 heavy (non-hydrogen) atoms. The number of rotatable bonds is 5. The molecule has 4 rings (SSSR count). The Kier molecular flexibility index (Phi) is 6.26. The Morgan fingerprint density at radius 1 is 1.09 bits per heavy atom. The van der Waals surface area contributed by atoms with E-state index in [1.165, 1.54) is 31.3 Å². The van der Waals surface area contributed by atoms with Crippen molar-refractivity contribution < 1.29 is 30.4 Å². The first-order chi connectivity index (χ1) is 15.4. The number of halogens is 3. The summed E-state index contributed by atoms with van der Waals surface area (Å²) in [5.74, 6) is -3.35. The largest absolute Gasteiger partial charge is 0.490 e. The molecule has 1 saturated carbocycles. The maximum atomic E-state index is 15.3. The van der Waals surface area contributed by atoms with Gasteiger partial charge in [-0.3, -0.25) is 0 Å². The third kappa shape index (κ3) is 3.94. The van der Waals surface area contributed by atoms with Crippen molar-refractivity contribution in [3.63, 3.8) is 0 Å². The van der Waals surface area contributed by atoms with Gasteiger partial charge in [0.15, 0.2) is 21.4 Å². The summed E-state index contributed by atoms with van der Waals surface area (Å²) < 4.78 is 87.4. The molecule has 11 heteroatoms. The fraction of sp³-hybridized carbons (Fsp3) is 0.455. The van der Waals surface area contributed by atoms with Crippen molar-refractivity contribution in [3.05, 3.63) is 58.6 Å². The lowest BCUT2D eigenvalue weighted by molar-refractivity contribution is 0.0678. The monoisotopic (exact) mass is 519 g/mol. The Morgan fingerprint density at radius 2 is 1.73 bits per heavy atom. The molecule has 2 aromatic carbocycles. The number of nitrogens with zero attached hydrogens (tertiary/aromatic N) is 1. The molecular weight excluding hydrogens is 496 g/mol. The zero-order chi connectivity index (χ0) is 24.2. The quantitative estimate of drug-likeness (QED) is 0.596. The maximum Gasteiger partial charge on any atom is 0.210 e. The van der Waals surface area contributed by atoms with E-state index in [1.54, 1.807) is 0 Å². The van der Waals surface area contributed by atoms with Crippen LogP contribution in [0, 0.1) is 23.5 Å². The Labute approximate surface area is 197 Å². The second-order valence-corrected chi connectivity index (χ2v) is 13.4. The summed E-state index contributed by atoms with van der Waals surface area (Å²) in [4.78, 5) is -0.0643. The predicted octanol–water partition coefficient (Wildman–Crippen LogP) is 3.99. The fourth-order valence-electron chi connectivity index (χ4n) is 5.19. The highest BCUT2D eigenvalue weighted by Gasteiger charge is 2.61. The number of sulfonamides is 1. The third-order valence-electron chi connectivity index (χ3n) is 6.84. The zero-order valence-corrected chi connectivity index (χ0v) is 20.5. The van der Waals surface area contributed by atoms with Gasteiger partial charge in [-0.25, -0.2) is 29.9 Å². The van der Waals surface area contributed by atoms with Crippen LogP contribution in [0.25, 0.3) is 0 Å². The van der Waals surface area contributed by atoms with Crippen LogP contribution in [0.2, 0.25) is 5.02 Å². The fourth-order valence-corrected chi connectivity index (χ4v) is 8.23. The van der Waals surface area contributed by atoms with E-state index >= 15 is 4.39 Å². The minimum Gasteiger partial charge on any atom is -0.490 e. The molecule has 2 unspecified atom stereocenters. The Balaban J connectivity index is 1.96. The van der Waals surface area contributed by atoms with Gasteiger partial charge in [0.1, 0.15) is 10.6 Å². The van der Waals surface area contributed by atoms with Crippen LogP contribution in [0.4, 0.5) is 8.78 Å². The predicted molar refractivity (Wildman–Crippen MR) is 120 cm³/mol. The van der Waals surface area contributed by atoms with E-state index < -0.39 is 53.8 Å². The topological polar surface area (TPSA) is 80.8 Å². The van der Waals surface area contributed by atoms with E-state index in [1.807, 2.05) is 0 Å². The van der Waals surface area contributed by atoms with Gasteiger partial charge in [0, 0.05) is 24.5 Å². The number of ether oxygens (including phenoxy) is 1. The zero-order valence-electron chi connectivity index (χ0n) is 18.1. The van der Waals surface area contributed by atoms with E-state index in [-0.39, 0.29) is 30.0 Å².